The van der Waals surface area contributed by atoms with Gasteiger partial charge in [0.05, 0.1) is 6.04 Å². The molecule has 96 valence electrons. The number of rotatable bonds is 4. The fourth-order valence-electron chi connectivity index (χ4n) is 2.05. The number of aryl methyl sites for hydroxylation is 1. The Bertz CT molecular complexity index is 516. The van der Waals surface area contributed by atoms with Crippen LogP contribution in [0.4, 0.5) is 0 Å². The third kappa shape index (κ3) is 3.07. The number of hydrogen-bond acceptors (Lipinski definition) is 2. The van der Waals surface area contributed by atoms with Crippen LogP contribution in [0.15, 0.2) is 29.6 Å². The van der Waals surface area contributed by atoms with Crippen LogP contribution in [0.5, 0.6) is 0 Å². The molecule has 0 aliphatic heterocycles. The van der Waals surface area contributed by atoms with Crippen LogP contribution in [0, 0.1) is 6.92 Å². The molecule has 1 aromatic heterocycles. The molecule has 1 N–H and O–H groups in total. The minimum Gasteiger partial charge on any atom is -0.306 e. The molecule has 1 heterocycles. The summed E-state index contributed by atoms with van der Waals surface area (Å²) in [5.41, 5.74) is 2.40. The third-order valence-electron chi connectivity index (χ3n) is 2.84. The zero-order valence-corrected chi connectivity index (χ0v) is 12.7. The van der Waals surface area contributed by atoms with Crippen molar-refractivity contribution in [3.8, 4) is 0 Å². The summed E-state index contributed by atoms with van der Waals surface area (Å²) in [5, 5.41) is 6.95. The number of thiophene rings is 1. The quantitative estimate of drug-likeness (QED) is 0.832. The van der Waals surface area contributed by atoms with Crippen LogP contribution < -0.4 is 5.32 Å². The van der Waals surface area contributed by atoms with Gasteiger partial charge < -0.3 is 5.32 Å². The molecule has 2 rings (SSSR count). The van der Waals surface area contributed by atoms with Crippen molar-refractivity contribution in [2.45, 2.75) is 19.9 Å². The maximum absolute atomic E-state index is 6.09. The van der Waals surface area contributed by atoms with Crippen LogP contribution in [-0.4, -0.2) is 6.54 Å². The maximum Gasteiger partial charge on any atom is 0.0588 e. The molecule has 18 heavy (non-hydrogen) atoms. The lowest BCUT2D eigenvalue weighted by Crippen LogP contribution is -2.22. The Hall–Kier alpha value is -0.540. The summed E-state index contributed by atoms with van der Waals surface area (Å²) in [6.07, 6.45) is 0. The summed E-state index contributed by atoms with van der Waals surface area (Å²) in [6, 6.07) is 8.01. The molecule has 1 aromatic carbocycles. The van der Waals surface area contributed by atoms with E-state index in [4.69, 9.17) is 23.2 Å². The zero-order chi connectivity index (χ0) is 13.1. The van der Waals surface area contributed by atoms with E-state index in [2.05, 4.69) is 30.6 Å². The molecule has 0 saturated carbocycles. The van der Waals surface area contributed by atoms with Crippen LogP contribution in [0.2, 0.25) is 10.0 Å². The molecule has 0 bridgehead atoms. The average molecular weight is 300 g/mol. The molecule has 0 radical (unpaired) electrons. The van der Waals surface area contributed by atoms with Crippen molar-refractivity contribution in [1.29, 1.82) is 0 Å². The minimum absolute atomic E-state index is 0.150. The van der Waals surface area contributed by atoms with Gasteiger partial charge in [0.15, 0.2) is 0 Å². The van der Waals surface area contributed by atoms with Crippen molar-refractivity contribution in [2.24, 2.45) is 0 Å². The molecule has 0 spiro atoms. The summed E-state index contributed by atoms with van der Waals surface area (Å²) in [7, 11) is 0. The van der Waals surface area contributed by atoms with Gasteiger partial charge >= 0.3 is 0 Å². The average Bonchev–Trinajstić information content (AvgIpc) is 2.71. The highest BCUT2D eigenvalue weighted by Gasteiger charge is 2.16. The summed E-state index contributed by atoms with van der Waals surface area (Å²) in [6.45, 7) is 5.13. The Kier molecular flexibility index (Phi) is 4.68. The van der Waals surface area contributed by atoms with E-state index >= 15 is 0 Å². The minimum atomic E-state index is 0.150. The Morgan fingerprint density at radius 3 is 2.39 bits per heavy atom. The molecule has 2 aromatic rings. The van der Waals surface area contributed by atoms with E-state index in [1.807, 2.05) is 12.1 Å². The lowest BCUT2D eigenvalue weighted by atomic mass is 9.99. The molecule has 0 fully saturated rings. The van der Waals surface area contributed by atoms with Gasteiger partial charge in [0.1, 0.15) is 0 Å². The second-order valence-electron chi connectivity index (χ2n) is 4.13. The van der Waals surface area contributed by atoms with Gasteiger partial charge in [-0.05, 0) is 54.2 Å². The molecular formula is C14H15Cl2NS. The molecule has 1 atom stereocenters. The SMILES string of the molecule is CCNC(c1cc(Cl)cc(Cl)c1)c1ccsc1C. The molecule has 4 heteroatoms. The second kappa shape index (κ2) is 6.07. The summed E-state index contributed by atoms with van der Waals surface area (Å²) in [4.78, 5) is 1.32. The van der Waals surface area contributed by atoms with Gasteiger partial charge in [0, 0.05) is 14.9 Å². The van der Waals surface area contributed by atoms with Crippen molar-refractivity contribution in [1.82, 2.24) is 5.32 Å². The van der Waals surface area contributed by atoms with Crippen molar-refractivity contribution in [3.63, 3.8) is 0 Å². The Morgan fingerprint density at radius 2 is 1.89 bits per heavy atom. The van der Waals surface area contributed by atoms with E-state index in [1.165, 1.54) is 10.4 Å². The molecule has 0 amide bonds. The predicted octanol–water partition coefficient (Wildman–Crippen LogP) is 5.06. The largest absolute Gasteiger partial charge is 0.306 e. The Morgan fingerprint density at radius 1 is 1.22 bits per heavy atom. The highest BCUT2D eigenvalue weighted by molar-refractivity contribution is 7.10. The first-order valence-corrected chi connectivity index (χ1v) is 7.48. The number of nitrogens with one attached hydrogen (secondary N) is 1. The van der Waals surface area contributed by atoms with E-state index in [0.717, 1.165) is 12.1 Å². The lowest BCUT2D eigenvalue weighted by molar-refractivity contribution is 0.630. The van der Waals surface area contributed by atoms with Crippen LogP contribution >= 0.6 is 34.5 Å². The molecule has 0 aliphatic rings. The van der Waals surface area contributed by atoms with Crippen LogP contribution in [0.1, 0.15) is 29.0 Å². The maximum atomic E-state index is 6.09. The monoisotopic (exact) mass is 299 g/mol. The number of hydrogen-bond donors (Lipinski definition) is 1. The topological polar surface area (TPSA) is 12.0 Å². The van der Waals surface area contributed by atoms with Crippen molar-refractivity contribution in [2.75, 3.05) is 6.54 Å². The third-order valence-corrected chi connectivity index (χ3v) is 4.13. The van der Waals surface area contributed by atoms with Crippen LogP contribution in [0.3, 0.4) is 0 Å². The normalized spacial score (nSPS) is 12.7. The first-order valence-electron chi connectivity index (χ1n) is 5.85. The standard InChI is InChI=1S/C14H15Cl2NS/c1-3-17-14(13-4-5-18-9(13)2)10-6-11(15)8-12(16)7-10/h4-8,14,17H,3H2,1-2H3. The van der Waals surface area contributed by atoms with Gasteiger partial charge in [-0.3, -0.25) is 0 Å². The van der Waals surface area contributed by atoms with E-state index in [-0.39, 0.29) is 6.04 Å². The highest BCUT2D eigenvalue weighted by atomic mass is 35.5. The van der Waals surface area contributed by atoms with Gasteiger partial charge in [-0.15, -0.1) is 11.3 Å². The number of halogens is 2. The lowest BCUT2D eigenvalue weighted by Gasteiger charge is -2.19. The van der Waals surface area contributed by atoms with Gasteiger partial charge in [-0.1, -0.05) is 30.1 Å². The molecule has 1 unspecified atom stereocenters. The fraction of sp³-hybridized carbons (Fsp3) is 0.286. The van der Waals surface area contributed by atoms with E-state index in [9.17, 15) is 0 Å². The first-order chi connectivity index (χ1) is 8.61. The molecule has 0 aliphatic carbocycles. The van der Waals surface area contributed by atoms with Gasteiger partial charge in [0.2, 0.25) is 0 Å². The molecule has 1 nitrogen and oxygen atoms in total. The van der Waals surface area contributed by atoms with E-state index < -0.39 is 0 Å². The fourth-order valence-corrected chi connectivity index (χ4v) is 3.33. The van der Waals surface area contributed by atoms with Gasteiger partial charge in [-0.2, -0.15) is 0 Å². The summed E-state index contributed by atoms with van der Waals surface area (Å²) < 4.78 is 0. The van der Waals surface area contributed by atoms with E-state index in [0.29, 0.717) is 10.0 Å². The molecule has 0 saturated heterocycles. The Labute approximate surface area is 122 Å². The highest BCUT2D eigenvalue weighted by Crippen LogP contribution is 2.31. The summed E-state index contributed by atoms with van der Waals surface area (Å²) >= 11 is 13.9. The van der Waals surface area contributed by atoms with Crippen molar-refractivity contribution >= 4 is 34.5 Å². The second-order valence-corrected chi connectivity index (χ2v) is 6.12. The van der Waals surface area contributed by atoms with Crippen LogP contribution in [-0.2, 0) is 0 Å². The Balaban J connectivity index is 2.44. The number of benzene rings is 1. The van der Waals surface area contributed by atoms with E-state index in [1.54, 1.807) is 17.4 Å². The van der Waals surface area contributed by atoms with Crippen LogP contribution in [0.25, 0.3) is 0 Å². The van der Waals surface area contributed by atoms with Crippen molar-refractivity contribution < 1.29 is 0 Å². The van der Waals surface area contributed by atoms with Crippen molar-refractivity contribution in [3.05, 3.63) is 55.7 Å². The first kappa shape index (κ1) is 13.9. The van der Waals surface area contributed by atoms with Gasteiger partial charge in [-0.25, -0.2) is 0 Å². The smallest absolute Gasteiger partial charge is 0.0588 e. The summed E-state index contributed by atoms with van der Waals surface area (Å²) in [5.74, 6) is 0. The van der Waals surface area contributed by atoms with Gasteiger partial charge in [0.25, 0.3) is 0 Å². The predicted molar refractivity (Wildman–Crippen MR) is 81.0 cm³/mol. The zero-order valence-electron chi connectivity index (χ0n) is 10.3. The molecular weight excluding hydrogens is 285 g/mol.